The Labute approximate surface area is 168 Å². The first-order valence-corrected chi connectivity index (χ1v) is 9.59. The summed E-state index contributed by atoms with van der Waals surface area (Å²) in [6, 6.07) is 7.48. The van der Waals surface area contributed by atoms with Gasteiger partial charge in [-0.2, -0.15) is 5.10 Å². The van der Waals surface area contributed by atoms with E-state index in [4.69, 9.17) is 9.47 Å². The molecule has 0 unspecified atom stereocenters. The van der Waals surface area contributed by atoms with Crippen molar-refractivity contribution >= 4 is 5.91 Å². The molecular weight excluding hydrogens is 370 g/mol. The summed E-state index contributed by atoms with van der Waals surface area (Å²) in [5.41, 5.74) is 2.82. The first-order valence-electron chi connectivity index (χ1n) is 9.59. The van der Waals surface area contributed by atoms with Gasteiger partial charge in [-0.1, -0.05) is 13.8 Å². The number of ether oxygens (including phenoxy) is 2. The number of amides is 1. The van der Waals surface area contributed by atoms with Crippen molar-refractivity contribution in [2.24, 2.45) is 5.92 Å². The predicted octanol–water partition coefficient (Wildman–Crippen LogP) is 3.14. The summed E-state index contributed by atoms with van der Waals surface area (Å²) in [6.45, 7) is 6.94. The van der Waals surface area contributed by atoms with Gasteiger partial charge in [0.15, 0.2) is 11.5 Å². The summed E-state index contributed by atoms with van der Waals surface area (Å²) in [4.78, 5) is 21.4. The van der Waals surface area contributed by atoms with Gasteiger partial charge in [0, 0.05) is 18.3 Å². The lowest BCUT2D eigenvalue weighted by Crippen LogP contribution is -2.25. The van der Waals surface area contributed by atoms with Crippen molar-refractivity contribution in [2.75, 3.05) is 13.3 Å². The fraction of sp³-hybridized carbons (Fsp3) is 0.333. The molecule has 29 heavy (non-hydrogen) atoms. The van der Waals surface area contributed by atoms with Crippen molar-refractivity contribution in [3.8, 4) is 28.7 Å². The van der Waals surface area contributed by atoms with Crippen molar-refractivity contribution in [3.05, 3.63) is 47.9 Å². The molecule has 1 aliphatic rings. The maximum absolute atomic E-state index is 12.5. The normalized spacial score (nSPS) is 12.4. The number of hydrogen-bond donors (Lipinski definition) is 1. The highest BCUT2D eigenvalue weighted by Crippen LogP contribution is 2.35. The zero-order chi connectivity index (χ0) is 20.4. The molecular formula is C21H23N5O3. The molecule has 3 heterocycles. The summed E-state index contributed by atoms with van der Waals surface area (Å²) in [5.74, 6) is 2.21. The van der Waals surface area contributed by atoms with Crippen LogP contribution in [0.1, 0.15) is 36.3 Å². The van der Waals surface area contributed by atoms with Gasteiger partial charge in [-0.3, -0.25) is 4.79 Å². The van der Waals surface area contributed by atoms with Crippen LogP contribution in [0.3, 0.4) is 0 Å². The summed E-state index contributed by atoms with van der Waals surface area (Å²) in [6.07, 6.45) is 4.15. The molecule has 1 N–H and O–H groups in total. The number of nitrogens with one attached hydrogen (secondary N) is 1. The van der Waals surface area contributed by atoms with Crippen molar-refractivity contribution in [1.82, 2.24) is 25.1 Å². The molecule has 2 aromatic heterocycles. The van der Waals surface area contributed by atoms with E-state index in [0.29, 0.717) is 35.4 Å². The fourth-order valence-corrected chi connectivity index (χ4v) is 3.07. The Morgan fingerprint density at radius 3 is 2.90 bits per heavy atom. The van der Waals surface area contributed by atoms with E-state index < -0.39 is 0 Å². The van der Waals surface area contributed by atoms with Crippen LogP contribution in [0.15, 0.2) is 36.7 Å². The molecule has 4 rings (SSSR count). The van der Waals surface area contributed by atoms with Crippen molar-refractivity contribution < 1.29 is 14.3 Å². The van der Waals surface area contributed by atoms with E-state index in [1.54, 1.807) is 17.1 Å². The first-order chi connectivity index (χ1) is 14.0. The maximum atomic E-state index is 12.5. The van der Waals surface area contributed by atoms with E-state index in [0.717, 1.165) is 23.4 Å². The third-order valence-corrected chi connectivity index (χ3v) is 4.76. The van der Waals surface area contributed by atoms with E-state index in [-0.39, 0.29) is 12.7 Å². The molecule has 0 bridgehead atoms. The molecule has 150 valence electrons. The lowest BCUT2D eigenvalue weighted by molar-refractivity contribution is 0.0951. The third-order valence-electron chi connectivity index (χ3n) is 4.76. The molecule has 0 saturated heterocycles. The second-order valence-electron chi connectivity index (χ2n) is 7.30. The summed E-state index contributed by atoms with van der Waals surface area (Å²) in [5, 5.41) is 7.27. The largest absolute Gasteiger partial charge is 0.454 e. The van der Waals surface area contributed by atoms with Crippen LogP contribution in [0.4, 0.5) is 0 Å². The van der Waals surface area contributed by atoms with Crippen LogP contribution in [-0.4, -0.2) is 39.0 Å². The van der Waals surface area contributed by atoms with Crippen molar-refractivity contribution in [2.45, 2.75) is 27.2 Å². The van der Waals surface area contributed by atoms with Crippen LogP contribution in [0.5, 0.6) is 11.5 Å². The highest BCUT2D eigenvalue weighted by Gasteiger charge is 2.18. The van der Waals surface area contributed by atoms with Crippen LogP contribution in [0.2, 0.25) is 0 Å². The SMILES string of the molecule is Cc1c(C(=O)NCCC(C)C)cnn1-c1nccc(-c2ccc3c(c2)OCO3)n1. The Kier molecular flexibility index (Phi) is 5.16. The molecule has 0 spiro atoms. The van der Waals surface area contributed by atoms with Crippen LogP contribution in [-0.2, 0) is 0 Å². The van der Waals surface area contributed by atoms with Gasteiger partial charge in [-0.05, 0) is 43.5 Å². The van der Waals surface area contributed by atoms with Gasteiger partial charge in [0.1, 0.15) is 0 Å². The molecule has 1 aliphatic heterocycles. The molecule has 0 saturated carbocycles. The van der Waals surface area contributed by atoms with Gasteiger partial charge in [-0.15, -0.1) is 0 Å². The quantitative estimate of drug-likeness (QED) is 0.692. The van der Waals surface area contributed by atoms with Gasteiger partial charge in [0.25, 0.3) is 11.9 Å². The van der Waals surface area contributed by atoms with Crippen LogP contribution in [0.25, 0.3) is 17.2 Å². The molecule has 3 aromatic rings. The first kappa shape index (κ1) is 18.9. The van der Waals surface area contributed by atoms with Crippen molar-refractivity contribution in [3.63, 3.8) is 0 Å². The highest BCUT2D eigenvalue weighted by molar-refractivity contribution is 5.95. The molecule has 1 amide bonds. The molecule has 1 aromatic carbocycles. The average Bonchev–Trinajstić information content (AvgIpc) is 3.33. The third kappa shape index (κ3) is 3.91. The van der Waals surface area contributed by atoms with E-state index >= 15 is 0 Å². The summed E-state index contributed by atoms with van der Waals surface area (Å²) < 4.78 is 12.4. The topological polar surface area (TPSA) is 91.2 Å². The standard InChI is InChI=1S/C21H23N5O3/c1-13(2)6-8-22-20(27)16-11-24-26(14(16)3)21-23-9-7-17(25-21)15-4-5-18-19(10-15)29-12-28-18/h4-5,7,9-11,13H,6,8,12H2,1-3H3,(H,22,27). The predicted molar refractivity (Wildman–Crippen MR) is 107 cm³/mol. The molecule has 0 aliphatic carbocycles. The van der Waals surface area contributed by atoms with Gasteiger partial charge < -0.3 is 14.8 Å². The fourth-order valence-electron chi connectivity index (χ4n) is 3.07. The Morgan fingerprint density at radius 2 is 2.07 bits per heavy atom. The lowest BCUT2D eigenvalue weighted by Gasteiger charge is -2.08. The second kappa shape index (κ2) is 7.90. The monoisotopic (exact) mass is 393 g/mol. The Bertz CT molecular complexity index is 1040. The lowest BCUT2D eigenvalue weighted by atomic mass is 10.1. The number of carbonyl (C=O) groups excluding carboxylic acids is 1. The minimum Gasteiger partial charge on any atom is -0.454 e. The second-order valence-corrected chi connectivity index (χ2v) is 7.30. The van der Waals surface area contributed by atoms with Gasteiger partial charge in [0.2, 0.25) is 6.79 Å². The van der Waals surface area contributed by atoms with E-state index in [2.05, 4.69) is 34.2 Å². The molecule has 0 fully saturated rings. The van der Waals surface area contributed by atoms with Crippen molar-refractivity contribution in [1.29, 1.82) is 0 Å². The zero-order valence-corrected chi connectivity index (χ0v) is 16.7. The van der Waals surface area contributed by atoms with Crippen LogP contribution < -0.4 is 14.8 Å². The molecule has 8 heteroatoms. The Hall–Kier alpha value is -3.42. The highest BCUT2D eigenvalue weighted by atomic mass is 16.7. The Balaban J connectivity index is 1.57. The zero-order valence-electron chi connectivity index (χ0n) is 16.7. The maximum Gasteiger partial charge on any atom is 0.254 e. The van der Waals surface area contributed by atoms with E-state index in [1.165, 1.54) is 0 Å². The number of fused-ring (bicyclic) bond motifs is 1. The smallest absolute Gasteiger partial charge is 0.254 e. The van der Waals surface area contributed by atoms with E-state index in [1.807, 2.05) is 31.2 Å². The molecule has 0 radical (unpaired) electrons. The van der Waals surface area contributed by atoms with Crippen LogP contribution >= 0.6 is 0 Å². The summed E-state index contributed by atoms with van der Waals surface area (Å²) in [7, 11) is 0. The van der Waals surface area contributed by atoms with Gasteiger partial charge in [-0.25, -0.2) is 14.6 Å². The van der Waals surface area contributed by atoms with Crippen LogP contribution in [0, 0.1) is 12.8 Å². The molecule has 0 atom stereocenters. The average molecular weight is 393 g/mol. The number of benzene rings is 1. The number of hydrogen-bond acceptors (Lipinski definition) is 6. The number of aromatic nitrogens is 4. The molecule has 8 nitrogen and oxygen atoms in total. The Morgan fingerprint density at radius 1 is 1.24 bits per heavy atom. The number of carbonyl (C=O) groups is 1. The summed E-state index contributed by atoms with van der Waals surface area (Å²) >= 11 is 0. The van der Waals surface area contributed by atoms with Gasteiger partial charge >= 0.3 is 0 Å². The number of nitrogens with zero attached hydrogens (tertiary/aromatic N) is 4. The van der Waals surface area contributed by atoms with Gasteiger partial charge in [0.05, 0.1) is 23.1 Å². The minimum absolute atomic E-state index is 0.138. The van der Waals surface area contributed by atoms with E-state index in [9.17, 15) is 4.79 Å². The number of rotatable bonds is 6. The minimum atomic E-state index is -0.138.